The highest BCUT2D eigenvalue weighted by molar-refractivity contribution is 5.92. The quantitative estimate of drug-likeness (QED) is 0.551. The predicted molar refractivity (Wildman–Crippen MR) is 102 cm³/mol. The van der Waals surface area contributed by atoms with Crippen LogP contribution in [0.15, 0.2) is 29.3 Å². The smallest absolute Gasteiger partial charge is 0.227 e. The fraction of sp³-hybridized carbons (Fsp3) is 0.579. The van der Waals surface area contributed by atoms with Crippen LogP contribution in [0.3, 0.4) is 0 Å². The monoisotopic (exact) mass is 332 g/mol. The van der Waals surface area contributed by atoms with Gasteiger partial charge >= 0.3 is 0 Å². The first-order chi connectivity index (χ1) is 11.2. The maximum atomic E-state index is 12.0. The van der Waals surface area contributed by atoms with E-state index in [4.69, 9.17) is 0 Å². The molecule has 0 fully saturated rings. The molecule has 0 heterocycles. The molecule has 1 rings (SSSR count). The van der Waals surface area contributed by atoms with Crippen molar-refractivity contribution in [3.05, 3.63) is 29.8 Å². The third-order valence-electron chi connectivity index (χ3n) is 3.51. The Bertz CT molecular complexity index is 561. The number of aliphatic imine (C=N–C) groups is 1. The molecule has 0 aliphatic heterocycles. The molecule has 5 nitrogen and oxygen atoms in total. The second kappa shape index (κ2) is 9.30. The maximum absolute atomic E-state index is 12.0. The molecule has 0 saturated heterocycles. The van der Waals surface area contributed by atoms with E-state index in [0.29, 0.717) is 6.54 Å². The molecule has 0 bridgehead atoms. The fourth-order valence-electron chi connectivity index (χ4n) is 2.03. The normalized spacial score (nSPS) is 13.3. The van der Waals surface area contributed by atoms with Gasteiger partial charge in [0.25, 0.3) is 0 Å². The average Bonchev–Trinajstić information content (AvgIpc) is 2.51. The van der Waals surface area contributed by atoms with Gasteiger partial charge in [0.2, 0.25) is 5.91 Å². The minimum Gasteiger partial charge on any atom is -0.357 e. The molecule has 134 valence electrons. The number of guanidine groups is 1. The van der Waals surface area contributed by atoms with Gasteiger partial charge in [0.15, 0.2) is 5.96 Å². The molecule has 0 aromatic heterocycles. The molecular weight excluding hydrogens is 300 g/mol. The van der Waals surface area contributed by atoms with Crippen molar-refractivity contribution in [2.24, 2.45) is 10.9 Å². The van der Waals surface area contributed by atoms with Gasteiger partial charge < -0.3 is 16.0 Å². The summed E-state index contributed by atoms with van der Waals surface area (Å²) >= 11 is 0. The second-order valence-electron chi connectivity index (χ2n) is 7.07. The summed E-state index contributed by atoms with van der Waals surface area (Å²) in [6, 6.07) is 7.85. The largest absolute Gasteiger partial charge is 0.357 e. The van der Waals surface area contributed by atoms with Gasteiger partial charge in [0, 0.05) is 23.7 Å². The second-order valence-corrected chi connectivity index (χ2v) is 7.07. The van der Waals surface area contributed by atoms with Crippen LogP contribution in [0.1, 0.15) is 53.5 Å². The Labute approximate surface area is 146 Å². The molecule has 0 aliphatic rings. The lowest BCUT2D eigenvalue weighted by atomic mass is 10.1. The van der Waals surface area contributed by atoms with Crippen molar-refractivity contribution >= 4 is 17.6 Å². The van der Waals surface area contributed by atoms with E-state index in [-0.39, 0.29) is 17.4 Å². The van der Waals surface area contributed by atoms with Crippen LogP contribution in [0, 0.1) is 5.92 Å². The van der Waals surface area contributed by atoms with Crippen LogP contribution in [-0.2, 0) is 11.3 Å². The van der Waals surface area contributed by atoms with E-state index in [9.17, 15) is 4.79 Å². The molecule has 0 saturated carbocycles. The van der Waals surface area contributed by atoms with E-state index < -0.39 is 0 Å². The van der Waals surface area contributed by atoms with Crippen molar-refractivity contribution in [2.75, 3.05) is 11.9 Å². The van der Waals surface area contributed by atoms with Crippen molar-refractivity contribution in [2.45, 2.75) is 60.0 Å². The van der Waals surface area contributed by atoms with Crippen LogP contribution in [0.25, 0.3) is 0 Å². The number of nitrogens with zero attached hydrogens (tertiary/aromatic N) is 1. The molecular formula is C19H32N4O. The topological polar surface area (TPSA) is 65.5 Å². The minimum atomic E-state index is -0.0485. The molecule has 1 amide bonds. The molecule has 1 aromatic rings. The van der Waals surface area contributed by atoms with E-state index in [1.807, 2.05) is 45.0 Å². The van der Waals surface area contributed by atoms with Crippen molar-refractivity contribution < 1.29 is 4.79 Å². The van der Waals surface area contributed by atoms with Crippen LogP contribution in [0.5, 0.6) is 0 Å². The number of anilines is 1. The van der Waals surface area contributed by atoms with Crippen LogP contribution in [-0.4, -0.2) is 24.0 Å². The van der Waals surface area contributed by atoms with E-state index >= 15 is 0 Å². The highest BCUT2D eigenvalue weighted by Gasteiger charge is 2.12. The Morgan fingerprint density at radius 1 is 1.25 bits per heavy atom. The summed E-state index contributed by atoms with van der Waals surface area (Å²) in [6.07, 6.45) is 0.834. The highest BCUT2D eigenvalue weighted by Crippen LogP contribution is 2.14. The van der Waals surface area contributed by atoms with Gasteiger partial charge in [-0.2, -0.15) is 0 Å². The van der Waals surface area contributed by atoms with Gasteiger partial charge in [-0.05, 0) is 51.8 Å². The number of hydrogen-bond acceptors (Lipinski definition) is 2. The van der Waals surface area contributed by atoms with Crippen molar-refractivity contribution in [1.82, 2.24) is 10.6 Å². The zero-order valence-corrected chi connectivity index (χ0v) is 15.9. The van der Waals surface area contributed by atoms with Crippen LogP contribution >= 0.6 is 0 Å². The first kappa shape index (κ1) is 20.0. The first-order valence-electron chi connectivity index (χ1n) is 8.71. The summed E-state index contributed by atoms with van der Waals surface area (Å²) in [5.74, 6) is 0.864. The molecule has 24 heavy (non-hydrogen) atoms. The van der Waals surface area contributed by atoms with E-state index in [1.54, 1.807) is 0 Å². The summed E-state index contributed by atoms with van der Waals surface area (Å²) in [6.45, 7) is 13.7. The van der Waals surface area contributed by atoms with Crippen LogP contribution in [0.4, 0.5) is 5.69 Å². The number of carbonyl (C=O) groups excluding carboxylic acids is 1. The van der Waals surface area contributed by atoms with Gasteiger partial charge in [0.1, 0.15) is 0 Å². The maximum Gasteiger partial charge on any atom is 0.227 e. The minimum absolute atomic E-state index is 0.0167. The van der Waals surface area contributed by atoms with Crippen LogP contribution in [0.2, 0.25) is 0 Å². The molecule has 1 unspecified atom stereocenters. The third-order valence-corrected chi connectivity index (χ3v) is 3.51. The number of carbonyl (C=O) groups is 1. The van der Waals surface area contributed by atoms with Crippen molar-refractivity contribution in [3.8, 4) is 0 Å². The highest BCUT2D eigenvalue weighted by atomic mass is 16.1. The summed E-state index contributed by atoms with van der Waals surface area (Å²) in [5, 5.41) is 9.58. The Hall–Kier alpha value is -2.04. The summed E-state index contributed by atoms with van der Waals surface area (Å²) in [5.41, 5.74) is 1.83. The Morgan fingerprint density at radius 2 is 1.96 bits per heavy atom. The van der Waals surface area contributed by atoms with E-state index in [0.717, 1.165) is 30.2 Å². The summed E-state index contributed by atoms with van der Waals surface area (Å²) < 4.78 is 0. The lowest BCUT2D eigenvalue weighted by Gasteiger charge is -2.23. The number of nitrogens with one attached hydrogen (secondary N) is 3. The molecule has 0 aliphatic carbocycles. The molecule has 5 heteroatoms. The van der Waals surface area contributed by atoms with Gasteiger partial charge in [-0.15, -0.1) is 0 Å². The Balaban J connectivity index is 2.78. The number of benzene rings is 1. The lowest BCUT2D eigenvalue weighted by molar-refractivity contribution is -0.119. The summed E-state index contributed by atoms with van der Waals surface area (Å²) in [7, 11) is 0. The van der Waals surface area contributed by atoms with Crippen molar-refractivity contribution in [3.63, 3.8) is 0 Å². The first-order valence-corrected chi connectivity index (χ1v) is 8.71. The fourth-order valence-corrected chi connectivity index (χ4v) is 2.03. The molecule has 3 N–H and O–H groups in total. The molecule has 0 spiro atoms. The average molecular weight is 332 g/mol. The van der Waals surface area contributed by atoms with E-state index in [2.05, 4.69) is 41.7 Å². The Morgan fingerprint density at radius 3 is 2.54 bits per heavy atom. The van der Waals surface area contributed by atoms with Gasteiger partial charge in [-0.1, -0.05) is 26.0 Å². The van der Waals surface area contributed by atoms with E-state index in [1.165, 1.54) is 0 Å². The molecule has 1 atom stereocenters. The standard InChI is InChI=1S/C19H32N4O/c1-7-14(3)17(24)22-16-11-9-10-15(12-16)13-21-18(20-8-2)23-19(4,5)6/h9-12,14H,7-8,13H2,1-6H3,(H,22,24)(H2,20,21,23). The number of amides is 1. The predicted octanol–water partition coefficient (Wildman–Crippen LogP) is 3.52. The Kier molecular flexibility index (Phi) is 7.75. The third kappa shape index (κ3) is 7.49. The SMILES string of the molecule is CCNC(=NCc1cccc(NC(=O)C(C)CC)c1)NC(C)(C)C. The van der Waals surface area contributed by atoms with Gasteiger partial charge in [-0.25, -0.2) is 4.99 Å². The van der Waals surface area contributed by atoms with Crippen LogP contribution < -0.4 is 16.0 Å². The lowest BCUT2D eigenvalue weighted by Crippen LogP contribution is -2.47. The zero-order valence-electron chi connectivity index (χ0n) is 15.9. The zero-order chi connectivity index (χ0) is 18.2. The van der Waals surface area contributed by atoms with Crippen molar-refractivity contribution in [1.29, 1.82) is 0 Å². The number of rotatable bonds is 6. The van der Waals surface area contributed by atoms with Gasteiger partial charge in [-0.3, -0.25) is 4.79 Å². The van der Waals surface area contributed by atoms with Gasteiger partial charge in [0.05, 0.1) is 6.54 Å². The molecule has 0 radical (unpaired) electrons. The summed E-state index contributed by atoms with van der Waals surface area (Å²) in [4.78, 5) is 16.6. The number of hydrogen-bond donors (Lipinski definition) is 3. The molecule has 1 aromatic carbocycles.